The van der Waals surface area contributed by atoms with Gasteiger partial charge in [0.25, 0.3) is 0 Å². The van der Waals surface area contributed by atoms with Crippen LogP contribution in [0, 0.1) is 5.82 Å². The molecule has 0 saturated carbocycles. The smallest absolute Gasteiger partial charge is 0.123 e. The SMILES string of the molecule is CC(C)NCc1cccc(F)c1.Cl. The molecule has 1 N–H and O–H groups in total. The summed E-state index contributed by atoms with van der Waals surface area (Å²) >= 11 is 0. The van der Waals surface area contributed by atoms with E-state index in [1.807, 2.05) is 6.07 Å². The molecule has 0 atom stereocenters. The van der Waals surface area contributed by atoms with Crippen molar-refractivity contribution in [1.29, 1.82) is 0 Å². The normalized spacial score (nSPS) is 9.85. The first-order chi connectivity index (χ1) is 5.68. The van der Waals surface area contributed by atoms with Crippen LogP contribution in [0.25, 0.3) is 0 Å². The first-order valence-electron chi connectivity index (χ1n) is 4.16. The molecular weight excluding hydrogens is 189 g/mol. The van der Waals surface area contributed by atoms with E-state index < -0.39 is 0 Å². The van der Waals surface area contributed by atoms with Gasteiger partial charge in [-0.2, -0.15) is 0 Å². The minimum Gasteiger partial charge on any atom is -0.310 e. The van der Waals surface area contributed by atoms with Crippen molar-refractivity contribution >= 4 is 12.4 Å². The molecule has 0 aliphatic heterocycles. The molecule has 0 saturated heterocycles. The van der Waals surface area contributed by atoms with Crippen molar-refractivity contribution in [3.63, 3.8) is 0 Å². The molecule has 0 aliphatic carbocycles. The second-order valence-electron chi connectivity index (χ2n) is 3.17. The molecule has 1 rings (SSSR count). The largest absolute Gasteiger partial charge is 0.310 e. The Morgan fingerprint density at radius 1 is 1.38 bits per heavy atom. The minimum absolute atomic E-state index is 0. The van der Waals surface area contributed by atoms with E-state index in [0.29, 0.717) is 6.04 Å². The second-order valence-corrected chi connectivity index (χ2v) is 3.17. The molecule has 1 aromatic carbocycles. The molecule has 0 aromatic heterocycles. The van der Waals surface area contributed by atoms with Crippen LogP contribution in [0.15, 0.2) is 24.3 Å². The first kappa shape index (κ1) is 12.4. The zero-order valence-electron chi connectivity index (χ0n) is 7.88. The molecule has 13 heavy (non-hydrogen) atoms. The lowest BCUT2D eigenvalue weighted by atomic mass is 10.2. The Bertz CT molecular complexity index is 250. The zero-order valence-corrected chi connectivity index (χ0v) is 8.70. The highest BCUT2D eigenvalue weighted by atomic mass is 35.5. The lowest BCUT2D eigenvalue weighted by Crippen LogP contribution is -2.21. The van der Waals surface area contributed by atoms with Crippen LogP contribution in [0.1, 0.15) is 19.4 Å². The van der Waals surface area contributed by atoms with Crippen LogP contribution in [0.4, 0.5) is 4.39 Å². The van der Waals surface area contributed by atoms with Gasteiger partial charge < -0.3 is 5.32 Å². The Morgan fingerprint density at radius 2 is 2.08 bits per heavy atom. The predicted octanol–water partition coefficient (Wildman–Crippen LogP) is 2.75. The number of rotatable bonds is 3. The van der Waals surface area contributed by atoms with E-state index in [1.165, 1.54) is 6.07 Å². The van der Waals surface area contributed by atoms with Gasteiger partial charge in [-0.1, -0.05) is 26.0 Å². The van der Waals surface area contributed by atoms with Crippen LogP contribution >= 0.6 is 12.4 Å². The molecule has 0 amide bonds. The monoisotopic (exact) mass is 203 g/mol. The molecule has 0 spiro atoms. The van der Waals surface area contributed by atoms with Crippen LogP contribution < -0.4 is 5.32 Å². The molecule has 1 nitrogen and oxygen atoms in total. The van der Waals surface area contributed by atoms with Crippen molar-refractivity contribution in [1.82, 2.24) is 5.32 Å². The van der Waals surface area contributed by atoms with Crippen molar-refractivity contribution in [3.05, 3.63) is 35.6 Å². The van der Waals surface area contributed by atoms with E-state index in [-0.39, 0.29) is 18.2 Å². The van der Waals surface area contributed by atoms with Gasteiger partial charge in [0.1, 0.15) is 5.82 Å². The van der Waals surface area contributed by atoms with Gasteiger partial charge >= 0.3 is 0 Å². The molecular formula is C10H15ClFN. The number of hydrogen-bond donors (Lipinski definition) is 1. The zero-order chi connectivity index (χ0) is 8.97. The van der Waals surface area contributed by atoms with Crippen molar-refractivity contribution in [2.75, 3.05) is 0 Å². The fourth-order valence-electron chi connectivity index (χ4n) is 0.969. The third-order valence-corrected chi connectivity index (χ3v) is 1.60. The van der Waals surface area contributed by atoms with Gasteiger partial charge in [0, 0.05) is 12.6 Å². The fourth-order valence-corrected chi connectivity index (χ4v) is 0.969. The lowest BCUT2D eigenvalue weighted by Gasteiger charge is -2.07. The molecule has 0 fully saturated rings. The maximum atomic E-state index is 12.7. The summed E-state index contributed by atoms with van der Waals surface area (Å²) in [6.45, 7) is 4.87. The number of halogens is 2. The average molecular weight is 204 g/mol. The molecule has 0 unspecified atom stereocenters. The molecule has 0 bridgehead atoms. The maximum absolute atomic E-state index is 12.7. The first-order valence-corrected chi connectivity index (χ1v) is 4.16. The number of hydrogen-bond acceptors (Lipinski definition) is 1. The summed E-state index contributed by atoms with van der Waals surface area (Å²) in [7, 11) is 0. The van der Waals surface area contributed by atoms with E-state index in [0.717, 1.165) is 12.1 Å². The quantitative estimate of drug-likeness (QED) is 0.797. The number of benzene rings is 1. The summed E-state index contributed by atoms with van der Waals surface area (Å²) in [4.78, 5) is 0. The van der Waals surface area contributed by atoms with Crippen molar-refractivity contribution in [3.8, 4) is 0 Å². The van der Waals surface area contributed by atoms with Gasteiger partial charge in [-0.25, -0.2) is 4.39 Å². The fraction of sp³-hybridized carbons (Fsp3) is 0.400. The summed E-state index contributed by atoms with van der Waals surface area (Å²) in [6.07, 6.45) is 0. The Kier molecular flexibility index (Phi) is 5.67. The Balaban J connectivity index is 0.00000144. The van der Waals surface area contributed by atoms with Gasteiger partial charge in [0.05, 0.1) is 0 Å². The Morgan fingerprint density at radius 3 is 2.62 bits per heavy atom. The summed E-state index contributed by atoms with van der Waals surface area (Å²) < 4.78 is 12.7. The van der Waals surface area contributed by atoms with Crippen LogP contribution in [-0.4, -0.2) is 6.04 Å². The maximum Gasteiger partial charge on any atom is 0.123 e. The molecule has 0 heterocycles. The molecule has 74 valence electrons. The molecule has 0 aliphatic rings. The summed E-state index contributed by atoms with van der Waals surface area (Å²) in [6, 6.07) is 7.09. The van der Waals surface area contributed by atoms with Crippen molar-refractivity contribution in [2.24, 2.45) is 0 Å². The summed E-state index contributed by atoms with van der Waals surface area (Å²) in [5.74, 6) is -0.168. The summed E-state index contributed by atoms with van der Waals surface area (Å²) in [5, 5.41) is 3.22. The highest BCUT2D eigenvalue weighted by Crippen LogP contribution is 2.02. The Labute approximate surface area is 84.8 Å². The van der Waals surface area contributed by atoms with E-state index in [2.05, 4.69) is 19.2 Å². The van der Waals surface area contributed by atoms with Crippen LogP contribution in [-0.2, 0) is 6.54 Å². The average Bonchev–Trinajstić information content (AvgIpc) is 2.01. The van der Waals surface area contributed by atoms with Gasteiger partial charge in [-0.05, 0) is 17.7 Å². The minimum atomic E-state index is -0.168. The van der Waals surface area contributed by atoms with Gasteiger partial charge in [0.15, 0.2) is 0 Å². The van der Waals surface area contributed by atoms with Gasteiger partial charge in [0.2, 0.25) is 0 Å². The lowest BCUT2D eigenvalue weighted by molar-refractivity contribution is 0.581. The van der Waals surface area contributed by atoms with Crippen LogP contribution in [0.2, 0.25) is 0 Å². The van der Waals surface area contributed by atoms with E-state index >= 15 is 0 Å². The summed E-state index contributed by atoms with van der Waals surface area (Å²) in [5.41, 5.74) is 0.990. The Hall–Kier alpha value is -0.600. The van der Waals surface area contributed by atoms with Crippen molar-refractivity contribution < 1.29 is 4.39 Å². The molecule has 1 aromatic rings. The van der Waals surface area contributed by atoms with Gasteiger partial charge in [-0.3, -0.25) is 0 Å². The van der Waals surface area contributed by atoms with E-state index in [1.54, 1.807) is 12.1 Å². The predicted molar refractivity (Wildman–Crippen MR) is 55.6 cm³/mol. The third kappa shape index (κ3) is 4.86. The van der Waals surface area contributed by atoms with Gasteiger partial charge in [-0.15, -0.1) is 12.4 Å². The standard InChI is InChI=1S/C10H14FN.ClH/c1-8(2)12-7-9-4-3-5-10(11)6-9;/h3-6,8,12H,7H2,1-2H3;1H. The third-order valence-electron chi connectivity index (χ3n) is 1.60. The van der Waals surface area contributed by atoms with Crippen LogP contribution in [0.5, 0.6) is 0 Å². The van der Waals surface area contributed by atoms with Crippen LogP contribution in [0.3, 0.4) is 0 Å². The highest BCUT2D eigenvalue weighted by Gasteiger charge is 1.95. The molecule has 3 heteroatoms. The van der Waals surface area contributed by atoms with Crippen molar-refractivity contribution in [2.45, 2.75) is 26.4 Å². The highest BCUT2D eigenvalue weighted by molar-refractivity contribution is 5.85. The molecule has 0 radical (unpaired) electrons. The van der Waals surface area contributed by atoms with E-state index in [9.17, 15) is 4.39 Å². The topological polar surface area (TPSA) is 12.0 Å². The van der Waals surface area contributed by atoms with E-state index in [4.69, 9.17) is 0 Å². The second kappa shape index (κ2) is 5.95. The number of nitrogens with one attached hydrogen (secondary N) is 1.